The van der Waals surface area contributed by atoms with Crippen LogP contribution in [0.15, 0.2) is 30.5 Å². The predicted octanol–water partition coefficient (Wildman–Crippen LogP) is 3.65. The van der Waals surface area contributed by atoms with E-state index < -0.39 is 11.6 Å². The third-order valence-electron chi connectivity index (χ3n) is 5.14. The molecule has 1 saturated carbocycles. The number of hydrogen-bond acceptors (Lipinski definition) is 2. The van der Waals surface area contributed by atoms with Crippen molar-refractivity contribution in [3.8, 4) is 0 Å². The van der Waals surface area contributed by atoms with Crippen LogP contribution in [0.5, 0.6) is 0 Å². The van der Waals surface area contributed by atoms with E-state index in [9.17, 15) is 13.6 Å². The molecule has 24 heavy (non-hydrogen) atoms. The fourth-order valence-corrected chi connectivity index (χ4v) is 3.88. The maximum absolute atomic E-state index is 14.0. The van der Waals surface area contributed by atoms with Gasteiger partial charge in [0.1, 0.15) is 17.5 Å². The molecule has 1 aliphatic heterocycles. The summed E-state index contributed by atoms with van der Waals surface area (Å²) < 4.78 is 28.9. The van der Waals surface area contributed by atoms with E-state index in [4.69, 9.17) is 0 Å². The highest BCUT2D eigenvalue weighted by Crippen LogP contribution is 2.50. The number of carbonyl (C=O) groups excluding carboxylic acids is 1. The number of halogens is 2. The second-order valence-corrected chi connectivity index (χ2v) is 6.89. The SMILES string of the molecule is C[C@H]1C[C@H](C)n2nccc2N1C(=O)[C@@H]1C[C@@H]1c1ccc(F)cc1F. The lowest BCUT2D eigenvalue weighted by Gasteiger charge is -2.37. The second kappa shape index (κ2) is 5.40. The van der Waals surface area contributed by atoms with Crippen molar-refractivity contribution < 1.29 is 13.6 Å². The summed E-state index contributed by atoms with van der Waals surface area (Å²) in [6.07, 6.45) is 3.14. The smallest absolute Gasteiger partial charge is 0.232 e. The van der Waals surface area contributed by atoms with Crippen LogP contribution in [0.2, 0.25) is 0 Å². The quantitative estimate of drug-likeness (QED) is 0.842. The average Bonchev–Trinajstić information content (AvgIpc) is 3.15. The first-order chi connectivity index (χ1) is 11.5. The third-order valence-corrected chi connectivity index (χ3v) is 5.14. The Balaban J connectivity index is 1.59. The van der Waals surface area contributed by atoms with Gasteiger partial charge in [0, 0.05) is 24.1 Å². The standard InChI is InChI=1S/C18H19F2N3O/c1-10-7-11(2)23-17(5-6-21-23)22(10)18(24)15-9-14(15)13-4-3-12(19)8-16(13)20/h3-6,8,10-11,14-15H,7,9H2,1-2H3/t10-,11-,14+,15+/m0/s1. The summed E-state index contributed by atoms with van der Waals surface area (Å²) in [6.45, 7) is 4.11. The van der Waals surface area contributed by atoms with Gasteiger partial charge in [-0.05, 0) is 44.2 Å². The topological polar surface area (TPSA) is 38.1 Å². The number of anilines is 1. The highest BCUT2D eigenvalue weighted by atomic mass is 19.1. The first-order valence-corrected chi connectivity index (χ1v) is 8.29. The lowest BCUT2D eigenvalue weighted by Crippen LogP contribution is -2.45. The molecule has 1 fully saturated rings. The fraction of sp³-hybridized carbons (Fsp3) is 0.444. The van der Waals surface area contributed by atoms with Gasteiger partial charge < -0.3 is 0 Å². The number of fused-ring (bicyclic) bond motifs is 1. The van der Waals surface area contributed by atoms with Crippen LogP contribution < -0.4 is 4.90 Å². The van der Waals surface area contributed by atoms with Gasteiger partial charge in [-0.25, -0.2) is 13.5 Å². The number of carbonyl (C=O) groups is 1. The minimum Gasteiger partial charge on any atom is -0.294 e. The molecular formula is C18H19F2N3O. The largest absolute Gasteiger partial charge is 0.294 e. The molecule has 1 aliphatic carbocycles. The van der Waals surface area contributed by atoms with Crippen molar-refractivity contribution in [3.05, 3.63) is 47.7 Å². The zero-order valence-electron chi connectivity index (χ0n) is 13.6. The van der Waals surface area contributed by atoms with Crippen LogP contribution >= 0.6 is 0 Å². The van der Waals surface area contributed by atoms with Crippen LogP contribution in [0.3, 0.4) is 0 Å². The lowest BCUT2D eigenvalue weighted by molar-refractivity contribution is -0.120. The van der Waals surface area contributed by atoms with Gasteiger partial charge in [0.05, 0.1) is 12.2 Å². The first-order valence-electron chi connectivity index (χ1n) is 8.29. The maximum Gasteiger partial charge on any atom is 0.232 e. The van der Waals surface area contributed by atoms with Gasteiger partial charge in [0.25, 0.3) is 0 Å². The zero-order valence-corrected chi connectivity index (χ0v) is 13.6. The van der Waals surface area contributed by atoms with E-state index in [0.717, 1.165) is 18.3 Å². The summed E-state index contributed by atoms with van der Waals surface area (Å²) in [6, 6.07) is 5.76. The minimum atomic E-state index is -0.595. The molecule has 4 atom stereocenters. The predicted molar refractivity (Wildman–Crippen MR) is 85.7 cm³/mol. The molecule has 4 rings (SSSR count). The van der Waals surface area contributed by atoms with Crippen molar-refractivity contribution >= 4 is 11.7 Å². The highest BCUT2D eigenvalue weighted by molar-refractivity contribution is 5.97. The van der Waals surface area contributed by atoms with Crippen molar-refractivity contribution in [2.24, 2.45) is 5.92 Å². The van der Waals surface area contributed by atoms with Crippen molar-refractivity contribution in [2.75, 3.05) is 4.90 Å². The van der Waals surface area contributed by atoms with Crippen LogP contribution in [0, 0.1) is 17.6 Å². The Labute approximate surface area is 139 Å². The molecule has 0 N–H and O–H groups in total. The van der Waals surface area contributed by atoms with E-state index in [-0.39, 0.29) is 29.8 Å². The lowest BCUT2D eigenvalue weighted by atomic mass is 10.0. The first kappa shape index (κ1) is 15.3. The van der Waals surface area contributed by atoms with Gasteiger partial charge in [0.15, 0.2) is 0 Å². The maximum atomic E-state index is 14.0. The van der Waals surface area contributed by atoms with Crippen LogP contribution in [0.4, 0.5) is 14.6 Å². The van der Waals surface area contributed by atoms with Gasteiger partial charge in [-0.15, -0.1) is 0 Å². The van der Waals surface area contributed by atoms with Gasteiger partial charge in [-0.3, -0.25) is 9.69 Å². The molecule has 1 amide bonds. The van der Waals surface area contributed by atoms with E-state index in [1.54, 1.807) is 11.1 Å². The van der Waals surface area contributed by atoms with Crippen LogP contribution in [-0.4, -0.2) is 21.7 Å². The van der Waals surface area contributed by atoms with Crippen LogP contribution in [0.25, 0.3) is 0 Å². The molecule has 0 spiro atoms. The Bertz CT molecular complexity index is 803. The van der Waals surface area contributed by atoms with E-state index in [1.165, 1.54) is 12.1 Å². The molecule has 0 unspecified atom stereocenters. The van der Waals surface area contributed by atoms with Crippen molar-refractivity contribution in [3.63, 3.8) is 0 Å². The molecule has 2 aliphatic rings. The summed E-state index contributed by atoms with van der Waals surface area (Å²) in [4.78, 5) is 14.8. The van der Waals surface area contributed by atoms with Gasteiger partial charge >= 0.3 is 0 Å². The Kier molecular flexibility index (Phi) is 3.44. The Morgan fingerprint density at radius 3 is 2.71 bits per heavy atom. The summed E-state index contributed by atoms with van der Waals surface area (Å²) in [5.41, 5.74) is 0.432. The molecule has 2 aromatic rings. The molecule has 0 radical (unpaired) electrons. The average molecular weight is 331 g/mol. The summed E-state index contributed by atoms with van der Waals surface area (Å²) >= 11 is 0. The third kappa shape index (κ3) is 2.32. The summed E-state index contributed by atoms with van der Waals surface area (Å²) in [5.74, 6) is -0.769. The van der Waals surface area contributed by atoms with Crippen molar-refractivity contribution in [2.45, 2.75) is 44.7 Å². The highest BCUT2D eigenvalue weighted by Gasteiger charge is 2.49. The number of amides is 1. The fourth-order valence-electron chi connectivity index (χ4n) is 3.88. The molecular weight excluding hydrogens is 312 g/mol. The van der Waals surface area contributed by atoms with E-state index in [0.29, 0.717) is 12.0 Å². The normalized spacial score (nSPS) is 28.6. The Hall–Kier alpha value is -2.24. The number of nitrogens with zero attached hydrogens (tertiary/aromatic N) is 3. The summed E-state index contributed by atoms with van der Waals surface area (Å²) in [7, 11) is 0. The van der Waals surface area contributed by atoms with Gasteiger partial charge in [-0.1, -0.05) is 6.07 Å². The number of rotatable bonds is 2. The molecule has 2 heterocycles. The Morgan fingerprint density at radius 2 is 1.96 bits per heavy atom. The molecule has 4 nitrogen and oxygen atoms in total. The number of benzene rings is 1. The van der Waals surface area contributed by atoms with Crippen molar-refractivity contribution in [1.29, 1.82) is 0 Å². The molecule has 1 aromatic carbocycles. The van der Waals surface area contributed by atoms with Crippen LogP contribution in [0.1, 0.15) is 44.2 Å². The summed E-state index contributed by atoms with van der Waals surface area (Å²) in [5, 5.41) is 4.31. The second-order valence-electron chi connectivity index (χ2n) is 6.89. The molecule has 1 aromatic heterocycles. The van der Waals surface area contributed by atoms with Crippen molar-refractivity contribution in [1.82, 2.24) is 9.78 Å². The number of aromatic nitrogens is 2. The van der Waals surface area contributed by atoms with Crippen LogP contribution in [-0.2, 0) is 4.79 Å². The van der Waals surface area contributed by atoms with E-state index in [1.807, 2.05) is 17.7 Å². The zero-order chi connectivity index (χ0) is 17.0. The Morgan fingerprint density at radius 1 is 1.17 bits per heavy atom. The van der Waals surface area contributed by atoms with Gasteiger partial charge in [0.2, 0.25) is 5.91 Å². The van der Waals surface area contributed by atoms with E-state index >= 15 is 0 Å². The molecule has 6 heteroatoms. The molecule has 0 saturated heterocycles. The minimum absolute atomic E-state index is 0.00451. The van der Waals surface area contributed by atoms with Gasteiger partial charge in [-0.2, -0.15) is 5.10 Å². The molecule has 126 valence electrons. The van der Waals surface area contributed by atoms with E-state index in [2.05, 4.69) is 12.0 Å². The monoisotopic (exact) mass is 331 g/mol. The number of hydrogen-bond donors (Lipinski definition) is 0. The molecule has 0 bridgehead atoms.